The predicted octanol–water partition coefficient (Wildman–Crippen LogP) is 0.915. The number of carbonyl (C=O) groups is 1. The smallest absolute Gasteiger partial charge is 0.275 e. The molecule has 0 saturated heterocycles. The van der Waals surface area contributed by atoms with E-state index in [1.807, 2.05) is 0 Å². The van der Waals surface area contributed by atoms with E-state index in [2.05, 4.69) is 8.75 Å². The Morgan fingerprint density at radius 2 is 2.31 bits per heavy atom. The maximum absolute atomic E-state index is 11.9. The highest BCUT2D eigenvalue weighted by Crippen LogP contribution is 2.30. The quantitative estimate of drug-likeness (QED) is 0.854. The number of hydrogen-bond donors (Lipinski definition) is 1. The largest absolute Gasteiger partial charge is 0.388 e. The summed E-state index contributed by atoms with van der Waals surface area (Å²) in [7, 11) is 1.69. The normalized spacial score (nSPS) is 18.6. The summed E-state index contributed by atoms with van der Waals surface area (Å²) in [5.74, 6) is -0.172. The van der Waals surface area contributed by atoms with E-state index in [9.17, 15) is 9.90 Å². The standard InChI is InChI=1S/C10H15N3O2S/c1-13(7-10(15)4-2-3-5-10)9(14)8-6-11-16-12-8/h6,15H,2-5,7H2,1H3. The lowest BCUT2D eigenvalue weighted by molar-refractivity contribution is 0.0155. The number of carbonyl (C=O) groups excluding carboxylic acids is 1. The highest BCUT2D eigenvalue weighted by Gasteiger charge is 2.33. The van der Waals surface area contributed by atoms with Crippen LogP contribution in [0.3, 0.4) is 0 Å². The van der Waals surface area contributed by atoms with Crippen LogP contribution in [0, 0.1) is 0 Å². The third-order valence-electron chi connectivity index (χ3n) is 2.99. The van der Waals surface area contributed by atoms with Gasteiger partial charge in [0, 0.05) is 13.6 Å². The Morgan fingerprint density at radius 1 is 1.62 bits per heavy atom. The SMILES string of the molecule is CN(CC1(O)CCCC1)C(=O)c1cnsn1. The molecule has 16 heavy (non-hydrogen) atoms. The van der Waals surface area contributed by atoms with Gasteiger partial charge in [0.1, 0.15) is 0 Å². The first kappa shape index (κ1) is 11.5. The molecule has 1 N–H and O–H groups in total. The van der Waals surface area contributed by atoms with Crippen molar-refractivity contribution in [2.24, 2.45) is 0 Å². The van der Waals surface area contributed by atoms with E-state index >= 15 is 0 Å². The number of likely N-dealkylation sites (N-methyl/N-ethyl adjacent to an activating group) is 1. The molecule has 1 aliphatic rings. The van der Waals surface area contributed by atoms with Crippen molar-refractivity contribution in [1.82, 2.24) is 13.6 Å². The van der Waals surface area contributed by atoms with Crippen molar-refractivity contribution in [3.05, 3.63) is 11.9 Å². The van der Waals surface area contributed by atoms with Gasteiger partial charge in [0.2, 0.25) is 0 Å². The van der Waals surface area contributed by atoms with Gasteiger partial charge in [0.15, 0.2) is 5.69 Å². The summed E-state index contributed by atoms with van der Waals surface area (Å²) in [5, 5.41) is 10.2. The molecule has 1 aliphatic carbocycles. The maximum Gasteiger partial charge on any atom is 0.275 e. The van der Waals surface area contributed by atoms with Crippen LogP contribution in [0.2, 0.25) is 0 Å². The molecule has 0 aromatic carbocycles. The average molecular weight is 241 g/mol. The predicted molar refractivity (Wildman–Crippen MR) is 60.3 cm³/mol. The zero-order valence-electron chi connectivity index (χ0n) is 9.22. The summed E-state index contributed by atoms with van der Waals surface area (Å²) < 4.78 is 7.69. The van der Waals surface area contributed by atoms with Gasteiger partial charge >= 0.3 is 0 Å². The summed E-state index contributed by atoms with van der Waals surface area (Å²) in [6.45, 7) is 0.378. The molecule has 1 amide bonds. The molecule has 0 aliphatic heterocycles. The van der Waals surface area contributed by atoms with Crippen LogP contribution in [-0.4, -0.2) is 43.9 Å². The number of aliphatic hydroxyl groups is 1. The van der Waals surface area contributed by atoms with Crippen LogP contribution in [0.1, 0.15) is 36.2 Å². The molecule has 0 unspecified atom stereocenters. The number of aromatic nitrogens is 2. The van der Waals surface area contributed by atoms with E-state index in [-0.39, 0.29) is 5.91 Å². The van der Waals surface area contributed by atoms with Crippen LogP contribution in [0.25, 0.3) is 0 Å². The number of nitrogens with zero attached hydrogens (tertiary/aromatic N) is 3. The summed E-state index contributed by atoms with van der Waals surface area (Å²) >= 11 is 1.02. The fraction of sp³-hybridized carbons (Fsp3) is 0.700. The van der Waals surface area contributed by atoms with Crippen LogP contribution in [0.4, 0.5) is 0 Å². The van der Waals surface area contributed by atoms with Crippen molar-refractivity contribution < 1.29 is 9.90 Å². The van der Waals surface area contributed by atoms with Gasteiger partial charge in [-0.1, -0.05) is 12.8 Å². The molecule has 1 aromatic rings. The van der Waals surface area contributed by atoms with E-state index in [0.717, 1.165) is 37.4 Å². The highest BCUT2D eigenvalue weighted by molar-refractivity contribution is 6.99. The fourth-order valence-corrected chi connectivity index (χ4v) is 2.57. The molecule has 1 heterocycles. The number of amides is 1. The van der Waals surface area contributed by atoms with Crippen molar-refractivity contribution in [3.8, 4) is 0 Å². The van der Waals surface area contributed by atoms with Crippen LogP contribution in [-0.2, 0) is 0 Å². The Balaban J connectivity index is 1.97. The Kier molecular flexibility index (Phi) is 3.20. The van der Waals surface area contributed by atoms with E-state index in [4.69, 9.17) is 0 Å². The summed E-state index contributed by atoms with van der Waals surface area (Å²) in [4.78, 5) is 13.4. The minimum Gasteiger partial charge on any atom is -0.388 e. The first-order chi connectivity index (χ1) is 7.61. The van der Waals surface area contributed by atoms with Crippen molar-refractivity contribution in [3.63, 3.8) is 0 Å². The van der Waals surface area contributed by atoms with Gasteiger partial charge in [0.05, 0.1) is 23.5 Å². The second kappa shape index (κ2) is 4.47. The van der Waals surface area contributed by atoms with Crippen molar-refractivity contribution in [2.75, 3.05) is 13.6 Å². The minimum atomic E-state index is -0.701. The lowest BCUT2D eigenvalue weighted by atomic mass is 10.0. The zero-order valence-corrected chi connectivity index (χ0v) is 10.0. The summed E-state index contributed by atoms with van der Waals surface area (Å²) in [5.41, 5.74) is -0.345. The van der Waals surface area contributed by atoms with Gasteiger partial charge in [0.25, 0.3) is 5.91 Å². The van der Waals surface area contributed by atoms with Crippen LogP contribution in [0.5, 0.6) is 0 Å². The highest BCUT2D eigenvalue weighted by atomic mass is 32.1. The molecular weight excluding hydrogens is 226 g/mol. The third-order valence-corrected chi connectivity index (χ3v) is 3.47. The van der Waals surface area contributed by atoms with Crippen molar-refractivity contribution in [2.45, 2.75) is 31.3 Å². The number of rotatable bonds is 3. The van der Waals surface area contributed by atoms with Gasteiger partial charge in [-0.3, -0.25) is 4.79 Å². The van der Waals surface area contributed by atoms with Gasteiger partial charge in [-0.2, -0.15) is 8.75 Å². The molecule has 1 aromatic heterocycles. The van der Waals surface area contributed by atoms with Crippen molar-refractivity contribution >= 4 is 17.6 Å². The molecule has 0 radical (unpaired) electrons. The monoisotopic (exact) mass is 241 g/mol. The Labute approximate surface area is 98.4 Å². The van der Waals surface area contributed by atoms with Crippen LogP contribution in [0.15, 0.2) is 6.20 Å². The summed E-state index contributed by atoms with van der Waals surface area (Å²) in [6, 6.07) is 0. The average Bonchev–Trinajstić information content (AvgIpc) is 2.87. The van der Waals surface area contributed by atoms with E-state index in [1.165, 1.54) is 11.1 Å². The molecule has 6 heteroatoms. The van der Waals surface area contributed by atoms with E-state index in [1.54, 1.807) is 7.05 Å². The topological polar surface area (TPSA) is 66.3 Å². The fourth-order valence-electron chi connectivity index (χ4n) is 2.16. The second-order valence-corrected chi connectivity index (χ2v) is 4.94. The lowest BCUT2D eigenvalue weighted by Crippen LogP contribution is -2.42. The zero-order chi connectivity index (χ0) is 11.6. The van der Waals surface area contributed by atoms with Gasteiger partial charge in [-0.25, -0.2) is 0 Å². The van der Waals surface area contributed by atoms with Crippen molar-refractivity contribution in [1.29, 1.82) is 0 Å². The van der Waals surface area contributed by atoms with E-state index < -0.39 is 5.60 Å². The molecule has 0 spiro atoms. The first-order valence-electron chi connectivity index (χ1n) is 5.36. The molecule has 2 rings (SSSR count). The Morgan fingerprint density at radius 3 is 2.88 bits per heavy atom. The molecule has 0 bridgehead atoms. The summed E-state index contributed by atoms with van der Waals surface area (Å²) in [6.07, 6.45) is 5.09. The second-order valence-electron chi connectivity index (χ2n) is 4.39. The Hall–Kier alpha value is -1.01. The van der Waals surface area contributed by atoms with Gasteiger partial charge in [-0.15, -0.1) is 0 Å². The van der Waals surface area contributed by atoms with Gasteiger partial charge in [-0.05, 0) is 12.8 Å². The first-order valence-corrected chi connectivity index (χ1v) is 6.09. The number of hydrogen-bond acceptors (Lipinski definition) is 5. The minimum absolute atomic E-state index is 0.172. The molecule has 1 fully saturated rings. The maximum atomic E-state index is 11.9. The molecule has 5 nitrogen and oxygen atoms in total. The van der Waals surface area contributed by atoms with E-state index in [0.29, 0.717) is 12.2 Å². The third kappa shape index (κ3) is 2.38. The molecular formula is C10H15N3O2S. The lowest BCUT2D eigenvalue weighted by Gasteiger charge is -2.28. The van der Waals surface area contributed by atoms with Gasteiger partial charge < -0.3 is 10.0 Å². The van der Waals surface area contributed by atoms with Crippen LogP contribution < -0.4 is 0 Å². The van der Waals surface area contributed by atoms with Crippen LogP contribution >= 0.6 is 11.7 Å². The molecule has 88 valence electrons. The Bertz CT molecular complexity index is 360. The molecule has 1 saturated carbocycles. The molecule has 0 atom stereocenters.